The second-order valence-corrected chi connectivity index (χ2v) is 13.4. The van der Waals surface area contributed by atoms with Crippen LogP contribution in [0.15, 0.2) is 72.8 Å². The molecule has 10 nitrogen and oxygen atoms in total. The van der Waals surface area contributed by atoms with Crippen molar-refractivity contribution in [2.75, 3.05) is 0 Å². The summed E-state index contributed by atoms with van der Waals surface area (Å²) in [5.41, 5.74) is -0.975. The lowest BCUT2D eigenvalue weighted by atomic mass is 9.87. The van der Waals surface area contributed by atoms with E-state index in [1.165, 1.54) is 27.7 Å². The van der Waals surface area contributed by atoms with Gasteiger partial charge in [0.2, 0.25) is 0 Å². The predicted molar refractivity (Wildman–Crippen MR) is 173 cm³/mol. The number of alkyl carbamates (subject to hydrolysis) is 2. The van der Waals surface area contributed by atoms with E-state index in [1.807, 2.05) is 52.0 Å². The van der Waals surface area contributed by atoms with Gasteiger partial charge >= 0.3 is 12.2 Å². The number of aliphatic hydroxyl groups is 2. The third-order valence-electron chi connectivity index (χ3n) is 7.42. The molecule has 0 aliphatic rings. The highest BCUT2D eigenvalue weighted by Crippen LogP contribution is 2.27. The molecule has 3 aromatic rings. The van der Waals surface area contributed by atoms with Crippen LogP contribution in [0.1, 0.15) is 98.4 Å². The molecule has 0 aliphatic heterocycles. The SMILES string of the molecule is CC(C)(O)C(=O)c1ccc(COC(=O)NC(C)(C)c2cccc(C(C)(C)NC(=O)OCc3ccc(C(=O)C(C)(C)O)cc3)c2)cc1. The standard InChI is InChI=1S/C36H44N2O8/c1-33(2,37-31(41)45-21-23-12-16-25(17-13-23)29(39)35(5,6)43)27-10-9-11-28(20-27)34(3,4)38-32(42)46-22-24-14-18-26(19-15-24)30(40)36(7,8)44/h9-20,43-44H,21-22H2,1-8H3,(H,37,41)(H,38,42). The Kier molecular flexibility index (Phi) is 10.8. The monoisotopic (exact) mass is 632 g/mol. The molecule has 246 valence electrons. The summed E-state index contributed by atoms with van der Waals surface area (Å²) in [6.45, 7) is 13.0. The first-order valence-electron chi connectivity index (χ1n) is 14.9. The third-order valence-corrected chi connectivity index (χ3v) is 7.42. The van der Waals surface area contributed by atoms with Gasteiger partial charge in [-0.2, -0.15) is 0 Å². The van der Waals surface area contributed by atoms with E-state index >= 15 is 0 Å². The maximum Gasteiger partial charge on any atom is 0.408 e. The van der Waals surface area contributed by atoms with E-state index < -0.39 is 46.0 Å². The van der Waals surface area contributed by atoms with Gasteiger partial charge in [0, 0.05) is 11.1 Å². The van der Waals surface area contributed by atoms with Crippen molar-refractivity contribution in [3.05, 3.63) is 106 Å². The molecule has 2 amide bonds. The van der Waals surface area contributed by atoms with Crippen molar-refractivity contribution in [1.82, 2.24) is 10.6 Å². The largest absolute Gasteiger partial charge is 0.445 e. The average Bonchev–Trinajstić information content (AvgIpc) is 2.97. The molecule has 3 rings (SSSR count). The van der Waals surface area contributed by atoms with Crippen LogP contribution in [0.3, 0.4) is 0 Å². The highest BCUT2D eigenvalue weighted by atomic mass is 16.6. The number of hydrogen-bond acceptors (Lipinski definition) is 8. The summed E-state index contributed by atoms with van der Waals surface area (Å²) in [6.07, 6.45) is -1.27. The van der Waals surface area contributed by atoms with Gasteiger partial charge in [-0.1, -0.05) is 72.8 Å². The number of Topliss-reactive ketones (excluding diaryl/α,β-unsaturated/α-hetero) is 2. The Bertz CT molecular complexity index is 1450. The number of ether oxygens (including phenoxy) is 2. The summed E-state index contributed by atoms with van der Waals surface area (Å²) >= 11 is 0. The number of ketones is 2. The Morgan fingerprint density at radius 2 is 0.891 bits per heavy atom. The van der Waals surface area contributed by atoms with Gasteiger partial charge in [0.05, 0.1) is 11.1 Å². The first-order valence-corrected chi connectivity index (χ1v) is 14.9. The summed E-state index contributed by atoms with van der Waals surface area (Å²) in [4.78, 5) is 49.8. The summed E-state index contributed by atoms with van der Waals surface area (Å²) < 4.78 is 10.8. The molecular weight excluding hydrogens is 588 g/mol. The van der Waals surface area contributed by atoms with Crippen molar-refractivity contribution in [3.63, 3.8) is 0 Å². The highest BCUT2D eigenvalue weighted by molar-refractivity contribution is 6.02. The van der Waals surface area contributed by atoms with Gasteiger partial charge in [0.15, 0.2) is 11.6 Å². The first kappa shape index (κ1) is 35.9. The Hall–Kier alpha value is -4.54. The van der Waals surface area contributed by atoms with Gasteiger partial charge in [-0.05, 0) is 77.6 Å². The fourth-order valence-electron chi connectivity index (χ4n) is 4.53. The van der Waals surface area contributed by atoms with Crippen LogP contribution in [0.5, 0.6) is 0 Å². The zero-order valence-corrected chi connectivity index (χ0v) is 27.7. The average molecular weight is 633 g/mol. The van der Waals surface area contributed by atoms with E-state index in [-0.39, 0.29) is 13.2 Å². The van der Waals surface area contributed by atoms with Crippen LogP contribution >= 0.6 is 0 Å². The van der Waals surface area contributed by atoms with Crippen molar-refractivity contribution in [2.24, 2.45) is 0 Å². The van der Waals surface area contributed by atoms with Gasteiger partial charge in [-0.3, -0.25) is 9.59 Å². The molecule has 4 N–H and O–H groups in total. The lowest BCUT2D eigenvalue weighted by Crippen LogP contribution is -2.43. The van der Waals surface area contributed by atoms with Crippen LogP contribution in [0, 0.1) is 0 Å². The topological polar surface area (TPSA) is 151 Å². The number of hydrogen-bond donors (Lipinski definition) is 4. The summed E-state index contributed by atoms with van der Waals surface area (Å²) in [6, 6.07) is 20.4. The quantitative estimate of drug-likeness (QED) is 0.180. The van der Waals surface area contributed by atoms with Gasteiger partial charge < -0.3 is 30.3 Å². The lowest BCUT2D eigenvalue weighted by molar-refractivity contribution is 0.0487. The molecule has 0 atom stereocenters. The first-order chi connectivity index (χ1) is 21.2. The van der Waals surface area contributed by atoms with Crippen LogP contribution in [-0.4, -0.2) is 45.2 Å². The molecule has 0 fully saturated rings. The minimum absolute atomic E-state index is 0.0128. The van der Waals surface area contributed by atoms with Gasteiger partial charge in [0.1, 0.15) is 24.4 Å². The molecule has 3 aromatic carbocycles. The van der Waals surface area contributed by atoms with E-state index in [4.69, 9.17) is 9.47 Å². The predicted octanol–water partition coefficient (Wildman–Crippen LogP) is 5.92. The van der Waals surface area contributed by atoms with Crippen LogP contribution in [0.25, 0.3) is 0 Å². The molecule has 0 unspecified atom stereocenters. The second kappa shape index (κ2) is 13.8. The Morgan fingerprint density at radius 1 is 0.565 bits per heavy atom. The highest BCUT2D eigenvalue weighted by Gasteiger charge is 2.29. The molecule has 0 spiro atoms. The van der Waals surface area contributed by atoms with Crippen molar-refractivity contribution in [3.8, 4) is 0 Å². The van der Waals surface area contributed by atoms with Crippen molar-refractivity contribution in [1.29, 1.82) is 0 Å². The molecule has 0 aliphatic carbocycles. The van der Waals surface area contributed by atoms with E-state index in [1.54, 1.807) is 48.5 Å². The zero-order valence-electron chi connectivity index (χ0n) is 27.7. The summed E-state index contributed by atoms with van der Waals surface area (Å²) in [5, 5.41) is 25.6. The normalized spacial score (nSPS) is 12.2. The van der Waals surface area contributed by atoms with Crippen LogP contribution < -0.4 is 10.6 Å². The minimum atomic E-state index is -1.48. The number of amides is 2. The van der Waals surface area contributed by atoms with Crippen molar-refractivity contribution in [2.45, 2.75) is 90.9 Å². The molecule has 0 radical (unpaired) electrons. The smallest absolute Gasteiger partial charge is 0.408 e. The number of carbonyl (C=O) groups excluding carboxylic acids is 4. The molecular formula is C36H44N2O8. The van der Waals surface area contributed by atoms with E-state index in [0.29, 0.717) is 22.3 Å². The van der Waals surface area contributed by atoms with Crippen molar-refractivity contribution >= 4 is 23.8 Å². The summed E-state index contributed by atoms with van der Waals surface area (Å²) in [5.74, 6) is -0.802. The Labute approximate surface area is 270 Å². The summed E-state index contributed by atoms with van der Waals surface area (Å²) in [7, 11) is 0. The van der Waals surface area contributed by atoms with Gasteiger partial charge in [-0.25, -0.2) is 9.59 Å². The van der Waals surface area contributed by atoms with Crippen LogP contribution in [0.2, 0.25) is 0 Å². The fourth-order valence-corrected chi connectivity index (χ4v) is 4.53. The molecule has 0 aromatic heterocycles. The molecule has 0 heterocycles. The van der Waals surface area contributed by atoms with E-state index in [2.05, 4.69) is 10.6 Å². The number of nitrogens with one attached hydrogen (secondary N) is 2. The fraction of sp³-hybridized carbons (Fsp3) is 0.389. The van der Waals surface area contributed by atoms with Crippen LogP contribution in [-0.2, 0) is 33.8 Å². The van der Waals surface area contributed by atoms with E-state index in [9.17, 15) is 29.4 Å². The third kappa shape index (κ3) is 9.73. The molecule has 46 heavy (non-hydrogen) atoms. The lowest BCUT2D eigenvalue weighted by Gasteiger charge is -2.30. The van der Waals surface area contributed by atoms with Crippen LogP contribution in [0.4, 0.5) is 9.59 Å². The Morgan fingerprint density at radius 3 is 1.20 bits per heavy atom. The zero-order chi connectivity index (χ0) is 34.5. The molecule has 10 heteroatoms. The molecule has 0 saturated carbocycles. The van der Waals surface area contributed by atoms with E-state index in [0.717, 1.165) is 11.1 Å². The number of rotatable bonds is 12. The minimum Gasteiger partial charge on any atom is -0.445 e. The second-order valence-electron chi connectivity index (χ2n) is 13.4. The van der Waals surface area contributed by atoms with Crippen molar-refractivity contribution < 1.29 is 38.9 Å². The van der Waals surface area contributed by atoms with Gasteiger partial charge in [-0.15, -0.1) is 0 Å². The molecule has 0 bridgehead atoms. The number of carbonyl (C=O) groups is 4. The Balaban J connectivity index is 1.57. The van der Waals surface area contributed by atoms with Gasteiger partial charge in [0.25, 0.3) is 0 Å². The molecule has 0 saturated heterocycles. The maximum absolute atomic E-state index is 12.7. The maximum atomic E-state index is 12.7. The number of benzene rings is 3.